The van der Waals surface area contributed by atoms with Crippen molar-refractivity contribution in [2.75, 3.05) is 6.54 Å². The zero-order valence-electron chi connectivity index (χ0n) is 15.8. The molecule has 0 saturated carbocycles. The van der Waals surface area contributed by atoms with Gasteiger partial charge in [-0.25, -0.2) is 0 Å². The van der Waals surface area contributed by atoms with Crippen LogP contribution in [0.3, 0.4) is 0 Å². The number of hydrogen-bond acceptors (Lipinski definition) is 3. The molecule has 0 aromatic rings. The number of aliphatic hydroxyl groups is 1. The number of carbonyl (C=O) groups is 1. The first-order valence-corrected chi connectivity index (χ1v) is 9.78. The Morgan fingerprint density at radius 1 is 0.875 bits per heavy atom. The standard InChI is InChI=1S/C20H39NO2.H2O/c1-2-3-4-5-6-7-8-9-10-11-12-13-14-15-16-17-19(22)20(23)18-21;/h9-10,20,23H,2-8,11-18,21H2,1H3;1H2/b10-9-;. The largest absolute Gasteiger partial charge is 0.412 e. The van der Waals surface area contributed by atoms with Gasteiger partial charge in [-0.1, -0.05) is 70.4 Å². The van der Waals surface area contributed by atoms with Crippen LogP contribution in [0.15, 0.2) is 12.2 Å². The van der Waals surface area contributed by atoms with Crippen LogP contribution < -0.4 is 5.73 Å². The fourth-order valence-electron chi connectivity index (χ4n) is 2.67. The van der Waals surface area contributed by atoms with Crippen molar-refractivity contribution in [3.05, 3.63) is 12.2 Å². The van der Waals surface area contributed by atoms with Crippen LogP contribution in [0.25, 0.3) is 0 Å². The molecule has 0 heterocycles. The minimum absolute atomic E-state index is 0. The number of ketones is 1. The quantitative estimate of drug-likeness (QED) is 0.307. The van der Waals surface area contributed by atoms with E-state index >= 15 is 0 Å². The van der Waals surface area contributed by atoms with Gasteiger partial charge in [0.25, 0.3) is 0 Å². The second kappa shape index (κ2) is 20.3. The summed E-state index contributed by atoms with van der Waals surface area (Å²) in [7, 11) is 0. The van der Waals surface area contributed by atoms with Crippen molar-refractivity contribution in [3.8, 4) is 0 Å². The number of unbranched alkanes of at least 4 members (excludes halogenated alkanes) is 11. The summed E-state index contributed by atoms with van der Waals surface area (Å²) < 4.78 is 0. The van der Waals surface area contributed by atoms with Crippen molar-refractivity contribution in [3.63, 3.8) is 0 Å². The number of hydrogen-bond donors (Lipinski definition) is 2. The lowest BCUT2D eigenvalue weighted by Crippen LogP contribution is -2.28. The molecule has 144 valence electrons. The summed E-state index contributed by atoms with van der Waals surface area (Å²) in [5.41, 5.74) is 5.25. The van der Waals surface area contributed by atoms with Gasteiger partial charge in [-0.05, 0) is 32.1 Å². The maximum Gasteiger partial charge on any atom is 0.162 e. The van der Waals surface area contributed by atoms with Gasteiger partial charge in [-0.3, -0.25) is 4.79 Å². The smallest absolute Gasteiger partial charge is 0.162 e. The molecule has 0 amide bonds. The summed E-state index contributed by atoms with van der Waals surface area (Å²) in [5, 5.41) is 9.26. The highest BCUT2D eigenvalue weighted by molar-refractivity contribution is 5.82. The van der Waals surface area contributed by atoms with E-state index < -0.39 is 6.10 Å². The molecule has 0 bridgehead atoms. The average molecular weight is 344 g/mol. The molecule has 0 aromatic heterocycles. The van der Waals surface area contributed by atoms with Gasteiger partial charge < -0.3 is 16.3 Å². The molecule has 4 heteroatoms. The van der Waals surface area contributed by atoms with Crippen molar-refractivity contribution in [2.24, 2.45) is 5.73 Å². The number of carbonyl (C=O) groups excluding carboxylic acids is 1. The van der Waals surface area contributed by atoms with E-state index in [1.54, 1.807) is 0 Å². The van der Waals surface area contributed by atoms with Gasteiger partial charge in [0.05, 0.1) is 0 Å². The van der Waals surface area contributed by atoms with Crippen LogP contribution in [0.4, 0.5) is 0 Å². The molecule has 0 spiro atoms. The Bertz CT molecular complexity index is 293. The molecule has 0 saturated heterocycles. The molecule has 1 unspecified atom stereocenters. The normalized spacial score (nSPS) is 12.3. The maximum absolute atomic E-state index is 11.4. The predicted octanol–water partition coefficient (Wildman–Crippen LogP) is 4.09. The Labute approximate surface area is 149 Å². The summed E-state index contributed by atoms with van der Waals surface area (Å²) in [6.45, 7) is 2.30. The van der Waals surface area contributed by atoms with E-state index in [0.29, 0.717) is 6.42 Å². The first-order valence-electron chi connectivity index (χ1n) is 9.78. The summed E-state index contributed by atoms with van der Waals surface area (Å²) in [6.07, 6.45) is 20.4. The SMILES string of the molecule is CCCCCCCC/C=C\CCCCCCCC(=O)C(O)CN.O. The molecule has 0 aromatic carbocycles. The highest BCUT2D eigenvalue weighted by Crippen LogP contribution is 2.10. The fourth-order valence-corrected chi connectivity index (χ4v) is 2.67. The second-order valence-electron chi connectivity index (χ2n) is 6.55. The number of allylic oxidation sites excluding steroid dienone is 2. The van der Waals surface area contributed by atoms with E-state index in [0.717, 1.165) is 12.8 Å². The summed E-state index contributed by atoms with van der Waals surface area (Å²) in [6, 6.07) is 0. The van der Waals surface area contributed by atoms with Gasteiger partial charge in [0.2, 0.25) is 0 Å². The molecule has 0 rings (SSSR count). The Hall–Kier alpha value is -0.710. The minimum atomic E-state index is -0.952. The maximum atomic E-state index is 11.4. The van der Waals surface area contributed by atoms with Crippen LogP contribution in [0.2, 0.25) is 0 Å². The van der Waals surface area contributed by atoms with E-state index in [-0.39, 0.29) is 17.8 Å². The van der Waals surface area contributed by atoms with Crippen LogP contribution in [-0.2, 0) is 4.79 Å². The molecule has 0 aliphatic heterocycles. The fraction of sp³-hybridized carbons (Fsp3) is 0.850. The highest BCUT2D eigenvalue weighted by atomic mass is 16.3. The lowest BCUT2D eigenvalue weighted by atomic mass is 10.0. The molecule has 4 nitrogen and oxygen atoms in total. The zero-order valence-corrected chi connectivity index (χ0v) is 15.8. The average Bonchev–Trinajstić information content (AvgIpc) is 2.57. The van der Waals surface area contributed by atoms with E-state index in [4.69, 9.17) is 5.73 Å². The summed E-state index contributed by atoms with van der Waals surface area (Å²) in [5.74, 6) is -0.106. The van der Waals surface area contributed by atoms with Crippen molar-refractivity contribution in [2.45, 2.75) is 103 Å². The predicted molar refractivity (Wildman–Crippen MR) is 103 cm³/mol. The van der Waals surface area contributed by atoms with Crippen LogP contribution in [0, 0.1) is 0 Å². The first-order chi connectivity index (χ1) is 11.2. The van der Waals surface area contributed by atoms with E-state index in [1.807, 2.05) is 0 Å². The van der Waals surface area contributed by atoms with E-state index in [9.17, 15) is 9.90 Å². The lowest BCUT2D eigenvalue weighted by Gasteiger charge is -2.05. The van der Waals surface area contributed by atoms with Crippen LogP contribution in [0.5, 0.6) is 0 Å². The molecule has 0 fully saturated rings. The third-order valence-corrected chi connectivity index (χ3v) is 4.28. The number of nitrogens with two attached hydrogens (primary N) is 1. The van der Waals surface area contributed by atoms with Crippen molar-refractivity contribution in [1.29, 1.82) is 0 Å². The van der Waals surface area contributed by atoms with Gasteiger partial charge in [-0.15, -0.1) is 0 Å². The molecule has 0 radical (unpaired) electrons. The Balaban J connectivity index is 0. The van der Waals surface area contributed by atoms with Gasteiger partial charge in [0.1, 0.15) is 6.10 Å². The van der Waals surface area contributed by atoms with Gasteiger partial charge >= 0.3 is 0 Å². The van der Waals surface area contributed by atoms with Gasteiger partial charge in [0.15, 0.2) is 5.78 Å². The van der Waals surface area contributed by atoms with Gasteiger partial charge in [-0.2, -0.15) is 0 Å². The van der Waals surface area contributed by atoms with Gasteiger partial charge in [0, 0.05) is 13.0 Å². The second-order valence-corrected chi connectivity index (χ2v) is 6.55. The molecule has 5 N–H and O–H groups in total. The zero-order chi connectivity index (χ0) is 17.2. The number of aliphatic hydroxyl groups excluding tert-OH is 1. The molecule has 24 heavy (non-hydrogen) atoms. The summed E-state index contributed by atoms with van der Waals surface area (Å²) in [4.78, 5) is 11.4. The van der Waals surface area contributed by atoms with E-state index in [2.05, 4.69) is 19.1 Å². The molecular weight excluding hydrogens is 302 g/mol. The third kappa shape index (κ3) is 17.6. The van der Waals surface area contributed by atoms with Crippen molar-refractivity contribution in [1.82, 2.24) is 0 Å². The molecular formula is C20H41NO3. The van der Waals surface area contributed by atoms with Crippen LogP contribution in [0.1, 0.15) is 96.8 Å². The minimum Gasteiger partial charge on any atom is -0.412 e. The first kappa shape index (κ1) is 25.5. The van der Waals surface area contributed by atoms with Crippen molar-refractivity contribution < 1.29 is 15.4 Å². The number of Topliss-reactive ketones (excluding diaryl/α,β-unsaturated/α-hetero) is 1. The lowest BCUT2D eigenvalue weighted by molar-refractivity contribution is -0.126. The topological polar surface area (TPSA) is 94.8 Å². The number of rotatable bonds is 17. The molecule has 1 atom stereocenters. The Morgan fingerprint density at radius 2 is 1.33 bits per heavy atom. The Kier molecular flexibility index (Phi) is 21.6. The van der Waals surface area contributed by atoms with Crippen molar-refractivity contribution >= 4 is 5.78 Å². The third-order valence-electron chi connectivity index (χ3n) is 4.28. The Morgan fingerprint density at radius 3 is 1.83 bits per heavy atom. The molecule has 0 aliphatic carbocycles. The molecule has 0 aliphatic rings. The summed E-state index contributed by atoms with van der Waals surface area (Å²) >= 11 is 0. The monoisotopic (exact) mass is 343 g/mol. The van der Waals surface area contributed by atoms with Crippen LogP contribution in [-0.4, -0.2) is 29.0 Å². The van der Waals surface area contributed by atoms with Crippen LogP contribution >= 0.6 is 0 Å². The highest BCUT2D eigenvalue weighted by Gasteiger charge is 2.11. The van der Waals surface area contributed by atoms with E-state index in [1.165, 1.54) is 70.6 Å².